The molecule has 2 amide bonds. The molecule has 2 aliphatic rings. The molecule has 1 aliphatic carbocycles. The first kappa shape index (κ1) is 19.1. The van der Waals surface area contributed by atoms with Crippen molar-refractivity contribution in [3.05, 3.63) is 0 Å². The number of likely N-dealkylation sites (tertiary alicyclic amines) is 1. The summed E-state index contributed by atoms with van der Waals surface area (Å²) in [6.07, 6.45) is 5.18. The first-order chi connectivity index (χ1) is 11.0. The average Bonchev–Trinajstić information content (AvgIpc) is 2.42. The highest BCUT2D eigenvalue weighted by molar-refractivity contribution is 5.86. The molecule has 24 heavy (non-hydrogen) atoms. The summed E-state index contributed by atoms with van der Waals surface area (Å²) in [6.45, 7) is 12.1. The van der Waals surface area contributed by atoms with E-state index >= 15 is 0 Å². The molecule has 0 spiro atoms. The van der Waals surface area contributed by atoms with Gasteiger partial charge in [-0.1, -0.05) is 19.3 Å². The lowest BCUT2D eigenvalue weighted by Gasteiger charge is -2.45. The molecule has 2 fully saturated rings. The van der Waals surface area contributed by atoms with Gasteiger partial charge in [-0.05, 0) is 66.2 Å². The van der Waals surface area contributed by atoms with Crippen LogP contribution in [-0.2, 0) is 9.53 Å². The minimum Gasteiger partial charge on any atom is -0.444 e. The van der Waals surface area contributed by atoms with Crippen molar-refractivity contribution in [1.82, 2.24) is 10.2 Å². The molecule has 0 aromatic rings. The summed E-state index contributed by atoms with van der Waals surface area (Å²) in [5, 5.41) is 3.04. The number of nitrogens with one attached hydrogen (secondary N) is 1. The van der Waals surface area contributed by atoms with E-state index in [1.165, 1.54) is 19.3 Å². The molecule has 3 atom stereocenters. The summed E-state index contributed by atoms with van der Waals surface area (Å²) >= 11 is 0. The van der Waals surface area contributed by atoms with Crippen LogP contribution < -0.4 is 5.32 Å². The van der Waals surface area contributed by atoms with E-state index in [9.17, 15) is 9.59 Å². The van der Waals surface area contributed by atoms with Crippen LogP contribution in [0.3, 0.4) is 0 Å². The van der Waals surface area contributed by atoms with E-state index in [0.717, 1.165) is 12.8 Å². The van der Waals surface area contributed by atoms with Crippen LogP contribution in [-0.4, -0.2) is 40.6 Å². The van der Waals surface area contributed by atoms with E-state index in [2.05, 4.69) is 5.32 Å². The lowest BCUT2D eigenvalue weighted by molar-refractivity contribution is -0.131. The second-order valence-electron chi connectivity index (χ2n) is 9.43. The second kappa shape index (κ2) is 6.93. The van der Waals surface area contributed by atoms with Crippen LogP contribution in [0.4, 0.5) is 4.79 Å². The summed E-state index contributed by atoms with van der Waals surface area (Å²) in [7, 11) is 0. The molecule has 2 rings (SSSR count). The summed E-state index contributed by atoms with van der Waals surface area (Å²) < 4.78 is 5.57. The zero-order valence-electron chi connectivity index (χ0n) is 16.1. The maximum absolute atomic E-state index is 12.8. The highest BCUT2D eigenvalue weighted by Crippen LogP contribution is 2.39. The van der Waals surface area contributed by atoms with Crippen molar-refractivity contribution >= 4 is 12.0 Å². The Balaban J connectivity index is 2.17. The zero-order chi connectivity index (χ0) is 18.1. The van der Waals surface area contributed by atoms with Gasteiger partial charge in [-0.15, -0.1) is 0 Å². The van der Waals surface area contributed by atoms with E-state index in [0.29, 0.717) is 18.4 Å². The number of piperidine rings is 1. The fourth-order valence-corrected chi connectivity index (χ4v) is 3.85. The van der Waals surface area contributed by atoms with Crippen molar-refractivity contribution < 1.29 is 14.3 Å². The molecule has 0 aromatic carbocycles. The Morgan fingerprint density at radius 2 is 1.58 bits per heavy atom. The number of fused-ring (bicyclic) bond motifs is 1. The zero-order valence-corrected chi connectivity index (χ0v) is 16.1. The Morgan fingerprint density at radius 1 is 1.00 bits per heavy atom. The fraction of sp³-hybridized carbons (Fsp3) is 0.895. The first-order valence-corrected chi connectivity index (χ1v) is 9.28. The number of hydrogen-bond acceptors (Lipinski definition) is 3. The third kappa shape index (κ3) is 5.12. The highest BCUT2D eigenvalue weighted by atomic mass is 16.6. The van der Waals surface area contributed by atoms with Gasteiger partial charge in [0.1, 0.15) is 11.6 Å². The summed E-state index contributed by atoms with van der Waals surface area (Å²) in [5.74, 6) is 0.996. The van der Waals surface area contributed by atoms with Gasteiger partial charge in [0, 0.05) is 12.1 Å². The minimum absolute atomic E-state index is 0.0580. The predicted octanol–water partition coefficient (Wildman–Crippen LogP) is 3.72. The number of ether oxygens (including phenoxy) is 1. The van der Waals surface area contributed by atoms with Gasteiger partial charge in [0.15, 0.2) is 0 Å². The molecular formula is C19H34N2O3. The number of nitrogens with zero attached hydrogens (tertiary/aromatic N) is 1. The Hall–Kier alpha value is -1.26. The van der Waals surface area contributed by atoms with Crippen LogP contribution in [0.25, 0.3) is 0 Å². The molecule has 1 heterocycles. The lowest BCUT2D eigenvalue weighted by Crippen LogP contribution is -2.59. The second-order valence-corrected chi connectivity index (χ2v) is 9.43. The fourth-order valence-electron chi connectivity index (χ4n) is 3.85. The van der Waals surface area contributed by atoms with Crippen LogP contribution in [0.15, 0.2) is 0 Å². The van der Waals surface area contributed by atoms with E-state index in [1.807, 2.05) is 41.5 Å². The average molecular weight is 338 g/mol. The Kier molecular flexibility index (Phi) is 5.50. The molecule has 1 N–H and O–H groups in total. The standard InChI is InChI=1S/C19H34N2O3/c1-18(2,3)20-16(22)15-11-13-9-7-8-10-14(13)12-21(15)17(23)24-19(4,5)6/h13-15H,7-12H2,1-6H3,(H,20,22)/t13-,14+,15+/m0/s1. The normalized spacial score (nSPS) is 28.1. The first-order valence-electron chi connectivity index (χ1n) is 9.28. The largest absolute Gasteiger partial charge is 0.444 e. The summed E-state index contributed by atoms with van der Waals surface area (Å²) in [5.41, 5.74) is -0.856. The highest BCUT2D eigenvalue weighted by Gasteiger charge is 2.43. The monoisotopic (exact) mass is 338 g/mol. The summed E-state index contributed by atoms with van der Waals surface area (Å²) in [6, 6.07) is -0.418. The third-order valence-corrected chi connectivity index (χ3v) is 4.83. The van der Waals surface area contributed by atoms with Gasteiger partial charge in [0.2, 0.25) is 5.91 Å². The molecule has 0 unspecified atom stereocenters. The topological polar surface area (TPSA) is 58.6 Å². The van der Waals surface area contributed by atoms with Crippen molar-refractivity contribution in [3.63, 3.8) is 0 Å². The Labute approximate surface area is 146 Å². The van der Waals surface area contributed by atoms with Crippen molar-refractivity contribution in [3.8, 4) is 0 Å². The number of carbonyl (C=O) groups is 2. The molecule has 1 aliphatic heterocycles. The van der Waals surface area contributed by atoms with Gasteiger partial charge in [0.05, 0.1) is 0 Å². The van der Waals surface area contributed by atoms with Crippen LogP contribution >= 0.6 is 0 Å². The maximum atomic E-state index is 12.8. The van der Waals surface area contributed by atoms with Crippen LogP contribution in [0.5, 0.6) is 0 Å². The molecule has 0 aromatic heterocycles. The van der Waals surface area contributed by atoms with Crippen LogP contribution in [0, 0.1) is 11.8 Å². The molecule has 138 valence electrons. The molecule has 1 saturated carbocycles. The molecule has 0 radical (unpaired) electrons. The number of hydrogen-bond donors (Lipinski definition) is 1. The Bertz CT molecular complexity index is 432. The van der Waals surface area contributed by atoms with Gasteiger partial charge in [-0.3, -0.25) is 9.69 Å². The molecule has 0 bridgehead atoms. The minimum atomic E-state index is -0.550. The van der Waals surface area contributed by atoms with Gasteiger partial charge in [-0.25, -0.2) is 4.79 Å². The molecule has 5 heteroatoms. The Morgan fingerprint density at radius 3 is 2.12 bits per heavy atom. The van der Waals surface area contributed by atoms with Crippen molar-refractivity contribution in [2.75, 3.05) is 6.54 Å². The van der Waals surface area contributed by atoms with Gasteiger partial charge < -0.3 is 10.1 Å². The lowest BCUT2D eigenvalue weighted by atomic mass is 9.73. The quantitative estimate of drug-likeness (QED) is 0.793. The smallest absolute Gasteiger partial charge is 0.410 e. The van der Waals surface area contributed by atoms with E-state index in [1.54, 1.807) is 4.90 Å². The van der Waals surface area contributed by atoms with E-state index < -0.39 is 11.6 Å². The van der Waals surface area contributed by atoms with Gasteiger partial charge >= 0.3 is 6.09 Å². The van der Waals surface area contributed by atoms with Gasteiger partial charge in [0.25, 0.3) is 0 Å². The summed E-state index contributed by atoms with van der Waals surface area (Å²) in [4.78, 5) is 27.2. The van der Waals surface area contributed by atoms with Crippen molar-refractivity contribution in [2.45, 2.75) is 90.8 Å². The molecular weight excluding hydrogens is 304 g/mol. The van der Waals surface area contributed by atoms with Gasteiger partial charge in [-0.2, -0.15) is 0 Å². The van der Waals surface area contributed by atoms with E-state index in [-0.39, 0.29) is 17.5 Å². The van der Waals surface area contributed by atoms with Crippen LogP contribution in [0.1, 0.15) is 73.6 Å². The number of amides is 2. The van der Waals surface area contributed by atoms with Crippen LogP contribution in [0.2, 0.25) is 0 Å². The molecule has 1 saturated heterocycles. The molecule has 5 nitrogen and oxygen atoms in total. The third-order valence-electron chi connectivity index (χ3n) is 4.83. The number of carbonyl (C=O) groups excluding carboxylic acids is 2. The van der Waals surface area contributed by atoms with E-state index in [4.69, 9.17) is 4.74 Å². The SMILES string of the molecule is CC(C)(C)NC(=O)[C@H]1C[C@@H]2CCCC[C@@H]2CN1C(=O)OC(C)(C)C. The maximum Gasteiger partial charge on any atom is 0.410 e. The number of rotatable bonds is 1. The van der Waals surface area contributed by atoms with Crippen molar-refractivity contribution in [1.29, 1.82) is 0 Å². The van der Waals surface area contributed by atoms with Crippen molar-refractivity contribution in [2.24, 2.45) is 11.8 Å². The predicted molar refractivity (Wildman–Crippen MR) is 94.7 cm³/mol.